The van der Waals surface area contributed by atoms with Gasteiger partial charge < -0.3 is 0 Å². The smallest absolute Gasteiger partial charge is 0.150 e. The van der Waals surface area contributed by atoms with Crippen molar-refractivity contribution in [2.24, 2.45) is 0 Å². The summed E-state index contributed by atoms with van der Waals surface area (Å²) in [6.07, 6.45) is 0.833. The SMILES string of the molecule is CCS(=O)(=O)CCCC(=O)Cc1ccc(F)cc1. The second-order valence-corrected chi connectivity index (χ2v) is 6.65. The van der Waals surface area contributed by atoms with E-state index < -0.39 is 9.84 Å². The molecule has 1 aromatic rings. The summed E-state index contributed by atoms with van der Waals surface area (Å²) in [7, 11) is -3.00. The van der Waals surface area contributed by atoms with Crippen LogP contribution in [0.2, 0.25) is 0 Å². The number of benzene rings is 1. The molecule has 0 radical (unpaired) electrons. The maximum Gasteiger partial charge on any atom is 0.150 e. The molecule has 0 aromatic heterocycles. The minimum atomic E-state index is -3.00. The van der Waals surface area contributed by atoms with Crippen LogP contribution >= 0.6 is 0 Å². The molecule has 0 aliphatic heterocycles. The summed E-state index contributed by atoms with van der Waals surface area (Å²) in [5.74, 6) is -0.189. The van der Waals surface area contributed by atoms with Crippen LogP contribution in [-0.2, 0) is 21.1 Å². The van der Waals surface area contributed by atoms with Crippen molar-refractivity contribution in [3.05, 3.63) is 35.6 Å². The highest BCUT2D eigenvalue weighted by molar-refractivity contribution is 7.91. The third-order valence-electron chi connectivity index (χ3n) is 2.67. The molecule has 5 heteroatoms. The molecule has 0 unspecified atom stereocenters. The number of sulfone groups is 1. The molecule has 0 heterocycles. The Balaban J connectivity index is 2.36. The highest BCUT2D eigenvalue weighted by Gasteiger charge is 2.09. The van der Waals surface area contributed by atoms with Crippen LogP contribution in [-0.4, -0.2) is 25.7 Å². The van der Waals surface area contributed by atoms with Crippen molar-refractivity contribution in [2.75, 3.05) is 11.5 Å². The van der Waals surface area contributed by atoms with E-state index in [0.29, 0.717) is 6.42 Å². The molecule has 100 valence electrons. The lowest BCUT2D eigenvalue weighted by Crippen LogP contribution is -2.11. The third-order valence-corrected chi connectivity index (χ3v) is 4.46. The number of rotatable bonds is 7. The first-order chi connectivity index (χ1) is 8.43. The van der Waals surface area contributed by atoms with Crippen molar-refractivity contribution in [1.82, 2.24) is 0 Å². The lowest BCUT2D eigenvalue weighted by Gasteiger charge is -2.02. The number of halogens is 1. The second kappa shape index (κ2) is 6.64. The van der Waals surface area contributed by atoms with Crippen molar-refractivity contribution in [1.29, 1.82) is 0 Å². The Labute approximate surface area is 107 Å². The lowest BCUT2D eigenvalue weighted by atomic mass is 10.1. The fraction of sp³-hybridized carbons (Fsp3) is 0.462. The lowest BCUT2D eigenvalue weighted by molar-refractivity contribution is -0.118. The Kier molecular flexibility index (Phi) is 5.47. The molecule has 1 aromatic carbocycles. The van der Waals surface area contributed by atoms with Gasteiger partial charge in [0.05, 0.1) is 5.75 Å². The average molecular weight is 272 g/mol. The normalized spacial score (nSPS) is 11.4. The summed E-state index contributed by atoms with van der Waals surface area (Å²) >= 11 is 0. The second-order valence-electron chi connectivity index (χ2n) is 4.18. The van der Waals surface area contributed by atoms with E-state index in [-0.39, 0.29) is 35.9 Å². The van der Waals surface area contributed by atoms with Gasteiger partial charge in [0.2, 0.25) is 0 Å². The van der Waals surface area contributed by atoms with E-state index in [2.05, 4.69) is 0 Å². The Morgan fingerprint density at radius 1 is 1.22 bits per heavy atom. The zero-order valence-electron chi connectivity index (χ0n) is 10.4. The molecule has 0 bridgehead atoms. The largest absolute Gasteiger partial charge is 0.299 e. The molecule has 0 atom stereocenters. The molecule has 0 saturated carbocycles. The van der Waals surface area contributed by atoms with Crippen LogP contribution in [0.5, 0.6) is 0 Å². The Morgan fingerprint density at radius 2 is 1.83 bits per heavy atom. The van der Waals surface area contributed by atoms with Crippen LogP contribution in [0, 0.1) is 5.82 Å². The van der Waals surface area contributed by atoms with Gasteiger partial charge in [-0.25, -0.2) is 12.8 Å². The predicted octanol–water partition coefficient (Wildman–Crippen LogP) is 2.15. The van der Waals surface area contributed by atoms with Crippen molar-refractivity contribution in [2.45, 2.75) is 26.2 Å². The van der Waals surface area contributed by atoms with E-state index in [1.807, 2.05) is 0 Å². The van der Waals surface area contributed by atoms with Crippen LogP contribution in [0.1, 0.15) is 25.3 Å². The van der Waals surface area contributed by atoms with Gasteiger partial charge >= 0.3 is 0 Å². The van der Waals surface area contributed by atoms with E-state index in [1.54, 1.807) is 19.1 Å². The van der Waals surface area contributed by atoms with Gasteiger partial charge in [-0.1, -0.05) is 19.1 Å². The average Bonchev–Trinajstić information content (AvgIpc) is 2.32. The van der Waals surface area contributed by atoms with Gasteiger partial charge in [-0.2, -0.15) is 0 Å². The highest BCUT2D eigenvalue weighted by Crippen LogP contribution is 2.06. The molecule has 0 spiro atoms. The standard InChI is InChI=1S/C13H17FO3S/c1-2-18(16,17)9-3-4-13(15)10-11-5-7-12(14)8-6-11/h5-8H,2-4,9-10H2,1H3. The van der Waals surface area contributed by atoms with Crippen LogP contribution in [0.25, 0.3) is 0 Å². The third kappa shape index (κ3) is 5.40. The number of hydrogen-bond donors (Lipinski definition) is 0. The topological polar surface area (TPSA) is 51.2 Å². The molecule has 0 amide bonds. The molecular formula is C13H17FO3S. The van der Waals surface area contributed by atoms with Gasteiger partial charge in [-0.05, 0) is 24.1 Å². The van der Waals surface area contributed by atoms with Gasteiger partial charge in [0.15, 0.2) is 0 Å². The van der Waals surface area contributed by atoms with Crippen LogP contribution in [0.4, 0.5) is 4.39 Å². The van der Waals surface area contributed by atoms with Gasteiger partial charge in [0.1, 0.15) is 21.4 Å². The summed E-state index contributed by atoms with van der Waals surface area (Å²) in [5.41, 5.74) is 0.750. The quantitative estimate of drug-likeness (QED) is 0.764. The van der Waals surface area contributed by atoms with Crippen molar-refractivity contribution >= 4 is 15.6 Å². The Hall–Kier alpha value is -1.23. The molecule has 3 nitrogen and oxygen atoms in total. The summed E-state index contributed by atoms with van der Waals surface area (Å²) in [6, 6.07) is 5.75. The molecule has 18 heavy (non-hydrogen) atoms. The molecule has 0 aliphatic carbocycles. The summed E-state index contributed by atoms with van der Waals surface area (Å²) < 4.78 is 35.1. The Morgan fingerprint density at radius 3 is 2.39 bits per heavy atom. The zero-order chi connectivity index (χ0) is 13.6. The molecule has 1 rings (SSSR count). The molecule has 0 saturated heterocycles. The highest BCUT2D eigenvalue weighted by atomic mass is 32.2. The summed E-state index contributed by atoms with van der Waals surface area (Å²) in [6.45, 7) is 1.59. The van der Waals surface area contributed by atoms with Crippen LogP contribution < -0.4 is 0 Å². The minimum Gasteiger partial charge on any atom is -0.299 e. The molecule has 0 N–H and O–H groups in total. The first-order valence-corrected chi connectivity index (χ1v) is 7.71. The first-order valence-electron chi connectivity index (χ1n) is 5.89. The van der Waals surface area contributed by atoms with Crippen molar-refractivity contribution in [3.8, 4) is 0 Å². The molecular weight excluding hydrogens is 255 g/mol. The van der Waals surface area contributed by atoms with Gasteiger partial charge in [0.25, 0.3) is 0 Å². The number of hydrogen-bond acceptors (Lipinski definition) is 3. The first kappa shape index (κ1) is 14.8. The van der Waals surface area contributed by atoms with Crippen LogP contribution in [0.3, 0.4) is 0 Å². The van der Waals surface area contributed by atoms with E-state index in [0.717, 1.165) is 5.56 Å². The monoisotopic (exact) mass is 272 g/mol. The van der Waals surface area contributed by atoms with Crippen molar-refractivity contribution in [3.63, 3.8) is 0 Å². The summed E-state index contributed by atoms with van der Waals surface area (Å²) in [4.78, 5) is 11.6. The molecule has 0 aliphatic rings. The van der Waals surface area contributed by atoms with E-state index >= 15 is 0 Å². The minimum absolute atomic E-state index is 0.0205. The summed E-state index contributed by atoms with van der Waals surface area (Å²) in [5, 5.41) is 0. The fourth-order valence-corrected chi connectivity index (χ4v) is 2.42. The van der Waals surface area contributed by atoms with Gasteiger partial charge in [-0.15, -0.1) is 0 Å². The maximum atomic E-state index is 12.6. The maximum absolute atomic E-state index is 12.6. The van der Waals surface area contributed by atoms with E-state index in [9.17, 15) is 17.6 Å². The molecule has 0 fully saturated rings. The van der Waals surface area contributed by atoms with E-state index in [1.165, 1.54) is 12.1 Å². The van der Waals surface area contributed by atoms with Crippen molar-refractivity contribution < 1.29 is 17.6 Å². The fourth-order valence-electron chi connectivity index (χ4n) is 1.55. The van der Waals surface area contributed by atoms with Gasteiger partial charge in [-0.3, -0.25) is 4.79 Å². The van der Waals surface area contributed by atoms with E-state index in [4.69, 9.17) is 0 Å². The van der Waals surface area contributed by atoms with Gasteiger partial charge in [0, 0.05) is 18.6 Å². The predicted molar refractivity (Wildman–Crippen MR) is 68.7 cm³/mol. The van der Waals surface area contributed by atoms with Crippen LogP contribution in [0.15, 0.2) is 24.3 Å². The number of ketones is 1. The number of carbonyl (C=O) groups is 1. The number of carbonyl (C=O) groups excluding carboxylic acids is 1. The number of Topliss-reactive ketones (excluding diaryl/α,β-unsaturated/α-hetero) is 1. The Bertz CT molecular complexity index is 491. The zero-order valence-corrected chi connectivity index (χ0v) is 11.2.